The minimum atomic E-state index is 0.641. The molecule has 3 nitrogen and oxygen atoms in total. The van der Waals surface area contributed by atoms with Crippen molar-refractivity contribution in [1.82, 2.24) is 15.1 Å². The number of nitrogens with zero attached hydrogens (tertiary/aromatic N) is 2. The Bertz CT molecular complexity index is 165. The lowest BCUT2D eigenvalue weighted by Gasteiger charge is -2.35. The zero-order valence-corrected chi connectivity index (χ0v) is 12.8. The maximum atomic E-state index is 3.65. The summed E-state index contributed by atoms with van der Waals surface area (Å²) in [6.45, 7) is 10.1. The van der Waals surface area contributed by atoms with Gasteiger partial charge in [-0.15, -0.1) is 0 Å². The molecule has 0 heterocycles. The maximum absolute atomic E-state index is 3.65. The van der Waals surface area contributed by atoms with E-state index in [4.69, 9.17) is 0 Å². The number of rotatable bonds is 10. The first-order chi connectivity index (χ1) is 8.06. The number of hydrogen-bond donors (Lipinski definition) is 1. The molecule has 3 heteroatoms. The number of hydrogen-bond acceptors (Lipinski definition) is 3. The van der Waals surface area contributed by atoms with Crippen molar-refractivity contribution < 1.29 is 0 Å². The van der Waals surface area contributed by atoms with Crippen LogP contribution < -0.4 is 5.32 Å². The van der Waals surface area contributed by atoms with Gasteiger partial charge in [-0.3, -0.25) is 0 Å². The SMILES string of the molecule is CCCC(NCC)C(CC)N(C)CCN(C)C. The fourth-order valence-corrected chi connectivity index (χ4v) is 2.43. The van der Waals surface area contributed by atoms with E-state index in [2.05, 4.69) is 57.0 Å². The van der Waals surface area contributed by atoms with Gasteiger partial charge in [0.2, 0.25) is 0 Å². The van der Waals surface area contributed by atoms with E-state index in [0.717, 1.165) is 19.6 Å². The first-order valence-electron chi connectivity index (χ1n) is 7.15. The Balaban J connectivity index is 4.31. The third-order valence-electron chi connectivity index (χ3n) is 3.41. The molecule has 1 N–H and O–H groups in total. The van der Waals surface area contributed by atoms with E-state index in [-0.39, 0.29) is 0 Å². The molecule has 0 aliphatic rings. The Kier molecular flexibility index (Phi) is 9.79. The summed E-state index contributed by atoms with van der Waals surface area (Å²) in [5.41, 5.74) is 0. The van der Waals surface area contributed by atoms with Crippen LogP contribution in [0.4, 0.5) is 0 Å². The van der Waals surface area contributed by atoms with Gasteiger partial charge in [0.25, 0.3) is 0 Å². The van der Waals surface area contributed by atoms with E-state index in [1.165, 1.54) is 19.3 Å². The van der Waals surface area contributed by atoms with Crippen LogP contribution >= 0.6 is 0 Å². The lowest BCUT2D eigenvalue weighted by molar-refractivity contribution is 0.167. The van der Waals surface area contributed by atoms with E-state index in [1.54, 1.807) is 0 Å². The molecule has 0 aromatic carbocycles. The Morgan fingerprint density at radius 2 is 1.65 bits per heavy atom. The Morgan fingerprint density at radius 3 is 2.06 bits per heavy atom. The van der Waals surface area contributed by atoms with Gasteiger partial charge in [-0.25, -0.2) is 0 Å². The molecule has 0 rings (SSSR count). The Hall–Kier alpha value is -0.120. The van der Waals surface area contributed by atoms with Crippen molar-refractivity contribution in [1.29, 1.82) is 0 Å². The van der Waals surface area contributed by atoms with Crippen LogP contribution in [0.25, 0.3) is 0 Å². The van der Waals surface area contributed by atoms with Crippen LogP contribution in [0.15, 0.2) is 0 Å². The molecule has 0 aromatic rings. The maximum Gasteiger partial charge on any atom is 0.0244 e. The summed E-state index contributed by atoms with van der Waals surface area (Å²) in [5, 5.41) is 3.65. The second kappa shape index (κ2) is 9.86. The minimum absolute atomic E-state index is 0.641. The van der Waals surface area contributed by atoms with Crippen molar-refractivity contribution in [2.24, 2.45) is 0 Å². The molecule has 0 aromatic heterocycles. The van der Waals surface area contributed by atoms with Gasteiger partial charge in [-0.05, 0) is 40.5 Å². The van der Waals surface area contributed by atoms with Crippen LogP contribution in [0.2, 0.25) is 0 Å². The molecule has 104 valence electrons. The average molecular weight is 243 g/mol. The lowest BCUT2D eigenvalue weighted by atomic mass is 9.99. The first kappa shape index (κ1) is 16.9. The molecule has 0 fully saturated rings. The van der Waals surface area contributed by atoms with Gasteiger partial charge < -0.3 is 15.1 Å². The van der Waals surface area contributed by atoms with Crippen molar-refractivity contribution >= 4 is 0 Å². The average Bonchev–Trinajstić information content (AvgIpc) is 2.28. The molecule has 0 bridgehead atoms. The van der Waals surface area contributed by atoms with Crippen LogP contribution in [0.5, 0.6) is 0 Å². The van der Waals surface area contributed by atoms with Crippen LogP contribution in [-0.4, -0.2) is 62.7 Å². The van der Waals surface area contributed by atoms with Gasteiger partial charge in [0.15, 0.2) is 0 Å². The molecule has 0 aliphatic heterocycles. The second-order valence-corrected chi connectivity index (χ2v) is 5.21. The molecule has 0 saturated carbocycles. The third kappa shape index (κ3) is 7.02. The third-order valence-corrected chi connectivity index (χ3v) is 3.41. The number of nitrogens with one attached hydrogen (secondary N) is 1. The summed E-state index contributed by atoms with van der Waals surface area (Å²) in [4.78, 5) is 4.77. The van der Waals surface area contributed by atoms with Gasteiger partial charge in [-0.2, -0.15) is 0 Å². The van der Waals surface area contributed by atoms with Crippen LogP contribution in [0.3, 0.4) is 0 Å². The predicted octanol–water partition coefficient (Wildman–Crippen LogP) is 2.04. The summed E-state index contributed by atoms with van der Waals surface area (Å²) in [5.74, 6) is 0. The molecule has 0 aliphatic carbocycles. The summed E-state index contributed by atoms with van der Waals surface area (Å²) < 4.78 is 0. The molecule has 0 amide bonds. The fraction of sp³-hybridized carbons (Fsp3) is 1.00. The quantitative estimate of drug-likeness (QED) is 0.633. The largest absolute Gasteiger partial charge is 0.313 e. The molecule has 0 spiro atoms. The summed E-state index contributed by atoms with van der Waals surface area (Å²) in [6.07, 6.45) is 3.76. The Morgan fingerprint density at radius 1 is 1.00 bits per heavy atom. The summed E-state index contributed by atoms with van der Waals surface area (Å²) in [6, 6.07) is 1.30. The van der Waals surface area contributed by atoms with E-state index in [9.17, 15) is 0 Å². The van der Waals surface area contributed by atoms with Gasteiger partial charge in [0.05, 0.1) is 0 Å². The molecule has 17 heavy (non-hydrogen) atoms. The summed E-state index contributed by atoms with van der Waals surface area (Å²) >= 11 is 0. The first-order valence-corrected chi connectivity index (χ1v) is 7.15. The van der Waals surface area contributed by atoms with Gasteiger partial charge in [0, 0.05) is 25.2 Å². The fourth-order valence-electron chi connectivity index (χ4n) is 2.43. The molecule has 0 radical (unpaired) electrons. The van der Waals surface area contributed by atoms with Gasteiger partial charge in [-0.1, -0.05) is 27.2 Å². The highest BCUT2D eigenvalue weighted by Crippen LogP contribution is 2.12. The number of likely N-dealkylation sites (N-methyl/N-ethyl adjacent to an activating group) is 3. The standard InChI is InChI=1S/C14H33N3/c1-7-10-13(15-9-3)14(8-2)17(6)12-11-16(4)5/h13-15H,7-12H2,1-6H3. The molecule has 0 saturated heterocycles. The van der Waals surface area contributed by atoms with E-state index < -0.39 is 0 Å². The van der Waals surface area contributed by atoms with E-state index >= 15 is 0 Å². The van der Waals surface area contributed by atoms with E-state index in [1.807, 2.05) is 0 Å². The van der Waals surface area contributed by atoms with Crippen molar-refractivity contribution in [2.45, 2.75) is 52.1 Å². The lowest BCUT2D eigenvalue weighted by Crippen LogP contribution is -2.49. The zero-order chi connectivity index (χ0) is 13.3. The summed E-state index contributed by atoms with van der Waals surface area (Å²) in [7, 11) is 6.54. The highest BCUT2D eigenvalue weighted by molar-refractivity contribution is 4.82. The monoisotopic (exact) mass is 243 g/mol. The molecule has 2 atom stereocenters. The van der Waals surface area contributed by atoms with Crippen LogP contribution in [0, 0.1) is 0 Å². The molecular formula is C14H33N3. The zero-order valence-electron chi connectivity index (χ0n) is 12.8. The van der Waals surface area contributed by atoms with Crippen molar-refractivity contribution in [2.75, 3.05) is 40.8 Å². The van der Waals surface area contributed by atoms with Crippen molar-refractivity contribution in [3.63, 3.8) is 0 Å². The van der Waals surface area contributed by atoms with Crippen molar-refractivity contribution in [3.05, 3.63) is 0 Å². The predicted molar refractivity (Wildman–Crippen MR) is 77.6 cm³/mol. The van der Waals surface area contributed by atoms with Gasteiger partial charge >= 0.3 is 0 Å². The topological polar surface area (TPSA) is 18.5 Å². The minimum Gasteiger partial charge on any atom is -0.313 e. The molecular weight excluding hydrogens is 210 g/mol. The van der Waals surface area contributed by atoms with Crippen molar-refractivity contribution in [3.8, 4) is 0 Å². The van der Waals surface area contributed by atoms with Gasteiger partial charge in [0.1, 0.15) is 0 Å². The van der Waals surface area contributed by atoms with E-state index in [0.29, 0.717) is 12.1 Å². The highest BCUT2D eigenvalue weighted by Gasteiger charge is 2.22. The second-order valence-electron chi connectivity index (χ2n) is 5.21. The smallest absolute Gasteiger partial charge is 0.0244 e. The highest BCUT2D eigenvalue weighted by atomic mass is 15.2. The Labute approximate surface area is 109 Å². The molecule has 2 unspecified atom stereocenters. The van der Waals surface area contributed by atoms with Crippen LogP contribution in [0.1, 0.15) is 40.0 Å². The van der Waals surface area contributed by atoms with Crippen LogP contribution in [-0.2, 0) is 0 Å². The normalized spacial score (nSPS) is 15.5.